The Morgan fingerprint density at radius 1 is 1.37 bits per heavy atom. The van der Waals surface area contributed by atoms with E-state index in [2.05, 4.69) is 28.6 Å². The minimum Gasteiger partial charge on any atom is -0.493 e. The number of anilines is 1. The maximum Gasteiger partial charge on any atom is 0.206 e. The van der Waals surface area contributed by atoms with E-state index in [0.29, 0.717) is 5.95 Å². The van der Waals surface area contributed by atoms with Crippen LogP contribution in [0.3, 0.4) is 0 Å². The van der Waals surface area contributed by atoms with E-state index in [9.17, 15) is 0 Å². The molecule has 0 bridgehead atoms. The fourth-order valence-electron chi connectivity index (χ4n) is 2.56. The molecule has 0 saturated carbocycles. The molecule has 2 N–H and O–H groups in total. The van der Waals surface area contributed by atoms with Crippen LogP contribution in [0.2, 0.25) is 0 Å². The Morgan fingerprint density at radius 2 is 2.32 bits per heavy atom. The van der Waals surface area contributed by atoms with Gasteiger partial charge in [-0.2, -0.15) is 0 Å². The number of nitrogens with two attached hydrogens (primary N) is 1. The molecule has 0 aliphatic carbocycles. The van der Waals surface area contributed by atoms with Crippen molar-refractivity contribution in [1.29, 1.82) is 0 Å². The zero-order chi connectivity index (χ0) is 12.8. The first-order valence-electron chi connectivity index (χ1n) is 6.29. The lowest BCUT2D eigenvalue weighted by atomic mass is 10.0. The van der Waals surface area contributed by atoms with Crippen LogP contribution in [0.4, 0.5) is 5.95 Å². The number of nitrogens with zero attached hydrogens (tertiary/aromatic N) is 2. The zero-order valence-electron chi connectivity index (χ0n) is 10.3. The van der Waals surface area contributed by atoms with Gasteiger partial charge in [0, 0.05) is 10.9 Å². The average Bonchev–Trinajstić information content (AvgIpc) is 3.02. The summed E-state index contributed by atoms with van der Waals surface area (Å²) >= 11 is 1.66. The van der Waals surface area contributed by atoms with Gasteiger partial charge in [0.15, 0.2) is 0 Å². The van der Waals surface area contributed by atoms with Gasteiger partial charge in [0.2, 0.25) is 5.95 Å². The number of hydrogen-bond donors (Lipinski definition) is 1. The van der Waals surface area contributed by atoms with Crippen LogP contribution in [-0.4, -0.2) is 16.0 Å². The third-order valence-electron chi connectivity index (χ3n) is 3.49. The largest absolute Gasteiger partial charge is 0.493 e. The summed E-state index contributed by atoms with van der Waals surface area (Å²) in [7, 11) is 0. The molecule has 0 atom stereocenters. The molecule has 96 valence electrons. The molecule has 5 heteroatoms. The fourth-order valence-corrected chi connectivity index (χ4v) is 3.45. The standard InChI is InChI=1S/C14H13N3OS/c15-14-16-7-13-17(14)11(8-19-13)9-3-4-12-10(6-9)2-1-5-18-12/h3-4,6-8H,1-2,5H2,(H2,15,16). The lowest BCUT2D eigenvalue weighted by molar-refractivity contribution is 0.288. The highest BCUT2D eigenvalue weighted by atomic mass is 32.1. The monoisotopic (exact) mass is 271 g/mol. The Labute approximate surface area is 114 Å². The van der Waals surface area contributed by atoms with E-state index >= 15 is 0 Å². The van der Waals surface area contributed by atoms with E-state index in [4.69, 9.17) is 10.5 Å². The summed E-state index contributed by atoms with van der Waals surface area (Å²) in [6.45, 7) is 0.823. The molecule has 0 unspecified atom stereocenters. The number of imidazole rings is 1. The van der Waals surface area contributed by atoms with E-state index in [1.54, 1.807) is 11.3 Å². The van der Waals surface area contributed by atoms with Gasteiger partial charge in [-0.1, -0.05) is 0 Å². The van der Waals surface area contributed by atoms with Crippen molar-refractivity contribution in [2.45, 2.75) is 12.8 Å². The second-order valence-electron chi connectivity index (χ2n) is 4.69. The van der Waals surface area contributed by atoms with Crippen molar-refractivity contribution in [2.24, 2.45) is 0 Å². The van der Waals surface area contributed by atoms with Crippen LogP contribution in [0, 0.1) is 0 Å². The Hall–Kier alpha value is -2.01. The first kappa shape index (κ1) is 10.9. The summed E-state index contributed by atoms with van der Waals surface area (Å²) in [6.07, 6.45) is 3.98. The van der Waals surface area contributed by atoms with Gasteiger partial charge in [0.25, 0.3) is 0 Å². The Morgan fingerprint density at radius 3 is 3.26 bits per heavy atom. The summed E-state index contributed by atoms with van der Waals surface area (Å²) < 4.78 is 7.65. The number of ether oxygens (including phenoxy) is 1. The maximum absolute atomic E-state index is 5.93. The van der Waals surface area contributed by atoms with Crippen molar-refractivity contribution >= 4 is 22.1 Å². The van der Waals surface area contributed by atoms with Crippen LogP contribution < -0.4 is 10.5 Å². The number of aromatic nitrogens is 2. The SMILES string of the molecule is Nc1ncc2scc(-c3ccc4c(c3)CCCO4)n12. The van der Waals surface area contributed by atoms with Crippen molar-refractivity contribution < 1.29 is 4.74 Å². The number of hydrogen-bond acceptors (Lipinski definition) is 4. The van der Waals surface area contributed by atoms with Gasteiger partial charge < -0.3 is 10.5 Å². The van der Waals surface area contributed by atoms with Gasteiger partial charge in [0.05, 0.1) is 18.5 Å². The Balaban J connectivity index is 1.90. The maximum atomic E-state index is 5.93. The number of nitrogen functional groups attached to an aromatic ring is 1. The number of fused-ring (bicyclic) bond motifs is 2. The second-order valence-corrected chi connectivity index (χ2v) is 5.58. The summed E-state index contributed by atoms with van der Waals surface area (Å²) in [6, 6.07) is 6.35. The molecule has 0 spiro atoms. The van der Waals surface area contributed by atoms with Gasteiger partial charge in [-0.15, -0.1) is 11.3 Å². The van der Waals surface area contributed by atoms with E-state index in [1.807, 2.05) is 10.6 Å². The van der Waals surface area contributed by atoms with Crippen molar-refractivity contribution in [3.63, 3.8) is 0 Å². The predicted molar refractivity (Wildman–Crippen MR) is 76.7 cm³/mol. The van der Waals surface area contributed by atoms with E-state index < -0.39 is 0 Å². The third kappa shape index (κ3) is 1.62. The molecule has 1 aliphatic rings. The van der Waals surface area contributed by atoms with Crippen LogP contribution in [0.5, 0.6) is 5.75 Å². The first-order valence-corrected chi connectivity index (χ1v) is 7.17. The lowest BCUT2D eigenvalue weighted by Gasteiger charge is -2.17. The molecule has 0 saturated heterocycles. The van der Waals surface area contributed by atoms with E-state index in [1.165, 1.54) is 11.1 Å². The van der Waals surface area contributed by atoms with Gasteiger partial charge in [0.1, 0.15) is 10.6 Å². The number of rotatable bonds is 1. The van der Waals surface area contributed by atoms with Crippen LogP contribution in [-0.2, 0) is 6.42 Å². The third-order valence-corrected chi connectivity index (χ3v) is 4.36. The molecule has 3 heterocycles. The Bertz CT molecular complexity index is 759. The van der Waals surface area contributed by atoms with Crippen molar-refractivity contribution in [3.05, 3.63) is 35.3 Å². The fraction of sp³-hybridized carbons (Fsp3) is 0.214. The van der Waals surface area contributed by atoms with Gasteiger partial charge in [-0.3, -0.25) is 4.40 Å². The molecule has 0 amide bonds. The normalized spacial score (nSPS) is 14.3. The predicted octanol–water partition coefficient (Wildman–Crippen LogP) is 2.97. The molecule has 3 aromatic rings. The number of benzene rings is 1. The van der Waals surface area contributed by atoms with Gasteiger partial charge in [-0.25, -0.2) is 4.98 Å². The first-order chi connectivity index (χ1) is 9.33. The van der Waals surface area contributed by atoms with Crippen LogP contribution in [0.1, 0.15) is 12.0 Å². The molecular formula is C14H13N3OS. The van der Waals surface area contributed by atoms with Crippen molar-refractivity contribution in [1.82, 2.24) is 9.38 Å². The molecule has 19 heavy (non-hydrogen) atoms. The highest BCUT2D eigenvalue weighted by molar-refractivity contribution is 7.16. The summed E-state index contributed by atoms with van der Waals surface area (Å²) in [5.74, 6) is 1.56. The Kier molecular flexibility index (Phi) is 2.29. The molecule has 1 aliphatic heterocycles. The van der Waals surface area contributed by atoms with E-state index in [0.717, 1.165) is 35.7 Å². The molecule has 1 aromatic carbocycles. The number of aryl methyl sites for hydroxylation is 1. The number of thiazole rings is 1. The van der Waals surface area contributed by atoms with Gasteiger partial charge >= 0.3 is 0 Å². The summed E-state index contributed by atoms with van der Waals surface area (Å²) in [5, 5.41) is 2.12. The van der Waals surface area contributed by atoms with Crippen LogP contribution in [0.15, 0.2) is 29.8 Å². The molecule has 4 nitrogen and oxygen atoms in total. The molecule has 4 rings (SSSR count). The lowest BCUT2D eigenvalue weighted by Crippen LogP contribution is -2.08. The highest BCUT2D eigenvalue weighted by Crippen LogP contribution is 2.33. The molecular weight excluding hydrogens is 258 g/mol. The minimum atomic E-state index is 0.542. The second kappa shape index (κ2) is 3.99. The quantitative estimate of drug-likeness (QED) is 0.740. The minimum absolute atomic E-state index is 0.542. The molecule has 2 aromatic heterocycles. The molecule has 0 fully saturated rings. The highest BCUT2D eigenvalue weighted by Gasteiger charge is 2.14. The average molecular weight is 271 g/mol. The summed E-state index contributed by atoms with van der Waals surface area (Å²) in [5.41, 5.74) is 9.48. The van der Waals surface area contributed by atoms with E-state index in [-0.39, 0.29) is 0 Å². The molecule has 0 radical (unpaired) electrons. The topological polar surface area (TPSA) is 52.5 Å². The smallest absolute Gasteiger partial charge is 0.206 e. The van der Waals surface area contributed by atoms with Crippen molar-refractivity contribution in [3.8, 4) is 17.0 Å². The zero-order valence-corrected chi connectivity index (χ0v) is 11.1. The van der Waals surface area contributed by atoms with Crippen molar-refractivity contribution in [2.75, 3.05) is 12.3 Å². The van der Waals surface area contributed by atoms with Crippen LogP contribution >= 0.6 is 11.3 Å². The summed E-state index contributed by atoms with van der Waals surface area (Å²) in [4.78, 5) is 5.23. The van der Waals surface area contributed by atoms with Gasteiger partial charge in [-0.05, 0) is 36.6 Å². The van der Waals surface area contributed by atoms with Crippen LogP contribution in [0.25, 0.3) is 16.1 Å².